The largest absolute Gasteiger partial charge is 0.468 e. The van der Waals surface area contributed by atoms with Gasteiger partial charge in [-0.3, -0.25) is 4.79 Å². The van der Waals surface area contributed by atoms with Crippen LogP contribution in [0.4, 0.5) is 0 Å². The molecule has 29 heavy (non-hydrogen) atoms. The van der Waals surface area contributed by atoms with E-state index in [0.717, 1.165) is 25.2 Å². The highest BCUT2D eigenvalue weighted by Crippen LogP contribution is 2.17. The van der Waals surface area contributed by atoms with E-state index in [0.29, 0.717) is 11.3 Å². The number of nitrogens with zero attached hydrogens (tertiary/aromatic N) is 1. The number of sulfonamides is 1. The molecule has 0 bridgehead atoms. The fraction of sp³-hybridized carbons (Fsp3) is 0.476. The topological polar surface area (TPSA) is 91.6 Å². The maximum atomic E-state index is 12.8. The van der Waals surface area contributed by atoms with Crippen LogP contribution in [0.1, 0.15) is 47.9 Å². The average molecular weight is 420 g/mol. The van der Waals surface area contributed by atoms with E-state index in [1.54, 1.807) is 25.1 Å². The van der Waals surface area contributed by atoms with Crippen LogP contribution in [0.25, 0.3) is 0 Å². The van der Waals surface area contributed by atoms with Crippen molar-refractivity contribution < 1.29 is 17.6 Å². The average Bonchev–Trinajstić information content (AvgIpc) is 3.21. The lowest BCUT2D eigenvalue weighted by Crippen LogP contribution is -2.43. The molecule has 7 nitrogen and oxygen atoms in total. The van der Waals surface area contributed by atoms with E-state index in [9.17, 15) is 13.2 Å². The smallest absolute Gasteiger partial charge is 0.251 e. The molecule has 1 unspecified atom stereocenters. The first-order valence-corrected chi connectivity index (χ1v) is 11.5. The Morgan fingerprint density at radius 2 is 1.97 bits per heavy atom. The Kier molecular flexibility index (Phi) is 7.10. The van der Waals surface area contributed by atoms with Crippen LogP contribution in [-0.4, -0.2) is 44.9 Å². The van der Waals surface area contributed by atoms with Crippen LogP contribution in [-0.2, 0) is 16.6 Å². The summed E-state index contributed by atoms with van der Waals surface area (Å²) in [7, 11) is -3.76. The lowest BCUT2D eigenvalue weighted by Gasteiger charge is -2.29. The third kappa shape index (κ3) is 5.91. The fourth-order valence-electron chi connectivity index (χ4n) is 3.55. The molecule has 0 radical (unpaired) electrons. The zero-order chi connectivity index (χ0) is 20.9. The van der Waals surface area contributed by atoms with Crippen molar-refractivity contribution in [2.75, 3.05) is 19.6 Å². The van der Waals surface area contributed by atoms with Crippen molar-refractivity contribution >= 4 is 15.9 Å². The van der Waals surface area contributed by atoms with Crippen molar-refractivity contribution in [3.63, 3.8) is 0 Å². The van der Waals surface area contributed by atoms with Gasteiger partial charge in [0.1, 0.15) is 5.76 Å². The van der Waals surface area contributed by atoms with Gasteiger partial charge in [0.2, 0.25) is 10.0 Å². The predicted octanol–water partition coefficient (Wildman–Crippen LogP) is 2.67. The van der Waals surface area contributed by atoms with Gasteiger partial charge in [0.05, 0.1) is 17.7 Å². The second-order valence-corrected chi connectivity index (χ2v) is 9.38. The molecular formula is C21H29N3O4S. The van der Waals surface area contributed by atoms with Crippen molar-refractivity contribution in [3.05, 3.63) is 53.5 Å². The molecule has 1 saturated heterocycles. The third-order valence-electron chi connectivity index (χ3n) is 5.14. The molecule has 1 amide bonds. The molecule has 0 spiro atoms. The minimum atomic E-state index is -3.76. The van der Waals surface area contributed by atoms with E-state index in [4.69, 9.17) is 4.42 Å². The Labute approximate surface area is 172 Å². The number of carbonyl (C=O) groups is 1. The number of aryl methyl sites for hydroxylation is 1. The first kappa shape index (κ1) is 21.5. The van der Waals surface area contributed by atoms with Gasteiger partial charge < -0.3 is 14.6 Å². The molecular weight excluding hydrogens is 390 g/mol. The van der Waals surface area contributed by atoms with Gasteiger partial charge in [0.25, 0.3) is 5.91 Å². The standard InChI is InChI=1S/C21H29N3O4S/c1-16-8-9-19(29(26,27)22-14-18-7-6-12-28-18)13-20(16)21(25)23-17(2)15-24-10-4-3-5-11-24/h6-9,12-13,17,22H,3-5,10-11,14-15H2,1-2H3,(H,23,25). The molecule has 2 aromatic rings. The summed E-state index contributed by atoms with van der Waals surface area (Å²) in [6.45, 7) is 6.76. The summed E-state index contributed by atoms with van der Waals surface area (Å²) in [5.41, 5.74) is 1.11. The van der Waals surface area contributed by atoms with E-state index >= 15 is 0 Å². The minimum Gasteiger partial charge on any atom is -0.468 e. The first-order chi connectivity index (χ1) is 13.8. The number of benzene rings is 1. The van der Waals surface area contributed by atoms with Crippen molar-refractivity contribution in [2.24, 2.45) is 0 Å². The number of amides is 1. The molecule has 8 heteroatoms. The minimum absolute atomic E-state index is 0.0164. The number of furan rings is 1. The Morgan fingerprint density at radius 1 is 1.21 bits per heavy atom. The zero-order valence-electron chi connectivity index (χ0n) is 17.0. The van der Waals surface area contributed by atoms with Crippen LogP contribution in [0, 0.1) is 6.92 Å². The number of hydrogen-bond donors (Lipinski definition) is 2. The normalized spacial score (nSPS) is 16.5. The second-order valence-electron chi connectivity index (χ2n) is 7.62. The summed E-state index contributed by atoms with van der Waals surface area (Å²) >= 11 is 0. The number of hydrogen-bond acceptors (Lipinski definition) is 5. The number of likely N-dealkylation sites (tertiary alicyclic amines) is 1. The van der Waals surface area contributed by atoms with Crippen LogP contribution in [0.3, 0.4) is 0 Å². The zero-order valence-corrected chi connectivity index (χ0v) is 17.8. The summed E-state index contributed by atoms with van der Waals surface area (Å²) in [4.78, 5) is 15.2. The molecule has 1 aromatic heterocycles. The van der Waals surface area contributed by atoms with Crippen LogP contribution >= 0.6 is 0 Å². The number of piperidine rings is 1. The van der Waals surface area contributed by atoms with E-state index in [2.05, 4.69) is 14.9 Å². The van der Waals surface area contributed by atoms with Gasteiger partial charge in [-0.05, 0) is 69.6 Å². The molecule has 1 aromatic carbocycles. The second kappa shape index (κ2) is 9.56. The molecule has 158 valence electrons. The molecule has 1 fully saturated rings. The highest BCUT2D eigenvalue weighted by Gasteiger charge is 2.20. The van der Waals surface area contributed by atoms with Gasteiger partial charge in [-0.15, -0.1) is 0 Å². The van der Waals surface area contributed by atoms with Crippen LogP contribution in [0.5, 0.6) is 0 Å². The monoisotopic (exact) mass is 419 g/mol. The molecule has 0 aliphatic carbocycles. The lowest BCUT2D eigenvalue weighted by molar-refractivity contribution is 0.0925. The Morgan fingerprint density at radius 3 is 2.66 bits per heavy atom. The molecule has 2 heterocycles. The Hall–Kier alpha value is -2.16. The molecule has 0 saturated carbocycles. The van der Waals surface area contributed by atoms with Gasteiger partial charge in [-0.2, -0.15) is 0 Å². The summed E-state index contributed by atoms with van der Waals surface area (Å²) < 4.78 is 32.9. The molecule has 3 rings (SSSR count). The molecule has 1 aliphatic heterocycles. The fourth-order valence-corrected chi connectivity index (χ4v) is 4.57. The van der Waals surface area contributed by atoms with Gasteiger partial charge >= 0.3 is 0 Å². The SMILES string of the molecule is Cc1ccc(S(=O)(=O)NCc2ccco2)cc1C(=O)NC(C)CN1CCCCC1. The summed E-state index contributed by atoms with van der Waals surface area (Å²) in [6, 6.07) is 7.98. The van der Waals surface area contributed by atoms with Gasteiger partial charge in [0, 0.05) is 18.2 Å². The van der Waals surface area contributed by atoms with Crippen molar-refractivity contribution in [1.29, 1.82) is 0 Å². The van der Waals surface area contributed by atoms with Crippen molar-refractivity contribution in [2.45, 2.75) is 50.6 Å². The maximum Gasteiger partial charge on any atom is 0.251 e. The number of nitrogens with one attached hydrogen (secondary N) is 2. The number of rotatable bonds is 8. The maximum absolute atomic E-state index is 12.8. The first-order valence-electron chi connectivity index (χ1n) is 10.0. The van der Waals surface area contributed by atoms with E-state index in [-0.39, 0.29) is 23.4 Å². The highest BCUT2D eigenvalue weighted by atomic mass is 32.2. The highest BCUT2D eigenvalue weighted by molar-refractivity contribution is 7.89. The van der Waals surface area contributed by atoms with Crippen LogP contribution in [0.2, 0.25) is 0 Å². The number of carbonyl (C=O) groups excluding carboxylic acids is 1. The molecule has 1 aliphatic rings. The molecule has 2 N–H and O–H groups in total. The van der Waals surface area contributed by atoms with Crippen molar-refractivity contribution in [1.82, 2.24) is 14.9 Å². The quantitative estimate of drug-likeness (QED) is 0.686. The Bertz CT molecular complexity index is 919. The van der Waals surface area contributed by atoms with Crippen LogP contribution in [0.15, 0.2) is 45.9 Å². The van der Waals surface area contributed by atoms with E-state index in [1.807, 2.05) is 6.92 Å². The summed E-state index contributed by atoms with van der Waals surface area (Å²) in [5, 5.41) is 3.01. The Balaban J connectivity index is 1.66. The van der Waals surface area contributed by atoms with E-state index < -0.39 is 10.0 Å². The van der Waals surface area contributed by atoms with Gasteiger partial charge in [0.15, 0.2) is 0 Å². The summed E-state index contributed by atoms with van der Waals surface area (Å²) in [6.07, 6.45) is 5.16. The third-order valence-corrected chi connectivity index (χ3v) is 6.54. The lowest BCUT2D eigenvalue weighted by atomic mass is 10.1. The van der Waals surface area contributed by atoms with E-state index in [1.165, 1.54) is 37.7 Å². The predicted molar refractivity (Wildman–Crippen MR) is 111 cm³/mol. The van der Waals surface area contributed by atoms with Gasteiger partial charge in [-0.1, -0.05) is 12.5 Å². The summed E-state index contributed by atoms with van der Waals surface area (Å²) in [5.74, 6) is 0.264. The van der Waals surface area contributed by atoms with Gasteiger partial charge in [-0.25, -0.2) is 13.1 Å². The van der Waals surface area contributed by atoms with Crippen LogP contribution < -0.4 is 10.0 Å². The molecule has 1 atom stereocenters. The van der Waals surface area contributed by atoms with Crippen molar-refractivity contribution in [3.8, 4) is 0 Å².